The molecule has 1 aromatic carbocycles. The maximum Gasteiger partial charge on any atom is 0.308 e. The van der Waals surface area contributed by atoms with Crippen molar-refractivity contribution in [3.05, 3.63) is 24.3 Å². The molecule has 1 heterocycles. The van der Waals surface area contributed by atoms with Crippen LogP contribution in [0.15, 0.2) is 29.2 Å². The summed E-state index contributed by atoms with van der Waals surface area (Å²) in [6.45, 7) is 2.93. The Morgan fingerprint density at radius 3 is 2.75 bits per heavy atom. The van der Waals surface area contributed by atoms with Crippen LogP contribution in [0, 0.1) is 5.92 Å². The molecule has 0 aromatic heterocycles. The molecular weight excluding hydrogens is 280 g/mol. The van der Waals surface area contributed by atoms with E-state index >= 15 is 0 Å². The molecule has 6 nitrogen and oxygen atoms in total. The lowest BCUT2D eigenvalue weighted by atomic mass is 10.1. The zero-order valence-electron chi connectivity index (χ0n) is 11.2. The number of aliphatic carboxylic acids is 1. The number of benzene rings is 1. The number of carbonyl (C=O) groups is 1. The van der Waals surface area contributed by atoms with E-state index in [1.807, 2.05) is 4.90 Å². The van der Waals surface area contributed by atoms with Crippen molar-refractivity contribution >= 4 is 21.7 Å². The average molecular weight is 298 g/mol. The zero-order chi connectivity index (χ0) is 14.8. The lowest BCUT2D eigenvalue weighted by molar-refractivity contribution is -0.140. The van der Waals surface area contributed by atoms with Crippen LogP contribution in [0.4, 0.5) is 5.69 Å². The monoisotopic (exact) mass is 298 g/mol. The molecule has 1 atom stereocenters. The van der Waals surface area contributed by atoms with Gasteiger partial charge in [-0.2, -0.15) is 0 Å². The van der Waals surface area contributed by atoms with Crippen LogP contribution in [0.25, 0.3) is 0 Å². The summed E-state index contributed by atoms with van der Waals surface area (Å²) in [5, 5.41) is 9.03. The normalized spacial score (nSPS) is 19.2. The summed E-state index contributed by atoms with van der Waals surface area (Å²) in [5.41, 5.74) is 0.567. The Morgan fingerprint density at radius 2 is 2.15 bits per heavy atom. The first kappa shape index (κ1) is 14.8. The van der Waals surface area contributed by atoms with Crippen molar-refractivity contribution in [2.75, 3.05) is 24.5 Å². The first-order valence-electron chi connectivity index (χ1n) is 6.52. The Balaban J connectivity index is 2.32. The molecule has 2 rings (SSSR count). The molecule has 1 aliphatic heterocycles. The van der Waals surface area contributed by atoms with Crippen molar-refractivity contribution in [1.29, 1.82) is 0 Å². The highest BCUT2D eigenvalue weighted by atomic mass is 32.2. The Morgan fingerprint density at radius 1 is 1.45 bits per heavy atom. The van der Waals surface area contributed by atoms with Crippen LogP contribution >= 0.6 is 0 Å². The predicted octanol–water partition coefficient (Wildman–Crippen LogP) is 0.896. The van der Waals surface area contributed by atoms with E-state index in [9.17, 15) is 13.2 Å². The van der Waals surface area contributed by atoms with E-state index in [-0.39, 0.29) is 4.90 Å². The first-order valence-corrected chi connectivity index (χ1v) is 8.00. The summed E-state index contributed by atoms with van der Waals surface area (Å²) >= 11 is 0. The highest BCUT2D eigenvalue weighted by Gasteiger charge is 2.30. The van der Waals surface area contributed by atoms with Crippen molar-refractivity contribution in [2.24, 2.45) is 5.92 Å². The van der Waals surface area contributed by atoms with Gasteiger partial charge >= 0.3 is 5.97 Å². The fourth-order valence-electron chi connectivity index (χ4n) is 2.39. The number of hydrogen-bond acceptors (Lipinski definition) is 4. The van der Waals surface area contributed by atoms with E-state index in [1.165, 1.54) is 0 Å². The smallest absolute Gasteiger partial charge is 0.308 e. The topological polar surface area (TPSA) is 86.7 Å². The van der Waals surface area contributed by atoms with Gasteiger partial charge in [-0.05, 0) is 18.6 Å². The minimum atomic E-state index is -3.56. The summed E-state index contributed by atoms with van der Waals surface area (Å²) in [6, 6.07) is 6.68. The van der Waals surface area contributed by atoms with Gasteiger partial charge in [0, 0.05) is 19.6 Å². The minimum absolute atomic E-state index is 0.202. The molecule has 0 aliphatic carbocycles. The fraction of sp³-hybridized carbons (Fsp3) is 0.462. The van der Waals surface area contributed by atoms with Crippen LogP contribution < -0.4 is 9.62 Å². The first-order chi connectivity index (χ1) is 9.45. The van der Waals surface area contributed by atoms with Gasteiger partial charge in [0.25, 0.3) is 0 Å². The highest BCUT2D eigenvalue weighted by molar-refractivity contribution is 7.89. The third-order valence-corrected chi connectivity index (χ3v) is 4.96. The Bertz CT molecular complexity index is 600. The highest BCUT2D eigenvalue weighted by Crippen LogP contribution is 2.29. The van der Waals surface area contributed by atoms with Gasteiger partial charge in [0.05, 0.1) is 11.6 Å². The van der Waals surface area contributed by atoms with Crippen LogP contribution in [0.5, 0.6) is 0 Å². The third-order valence-electron chi connectivity index (χ3n) is 3.37. The number of anilines is 1. The van der Waals surface area contributed by atoms with Gasteiger partial charge in [-0.25, -0.2) is 13.1 Å². The van der Waals surface area contributed by atoms with E-state index in [0.717, 1.165) is 0 Å². The average Bonchev–Trinajstić information content (AvgIpc) is 2.88. The fourth-order valence-corrected chi connectivity index (χ4v) is 3.66. The number of sulfonamides is 1. The number of hydrogen-bond donors (Lipinski definition) is 2. The molecule has 0 radical (unpaired) electrons. The summed E-state index contributed by atoms with van der Waals surface area (Å²) in [4.78, 5) is 13.0. The van der Waals surface area contributed by atoms with Gasteiger partial charge in [0.1, 0.15) is 4.90 Å². The molecule has 0 amide bonds. The third kappa shape index (κ3) is 2.94. The van der Waals surface area contributed by atoms with Gasteiger partial charge in [0.2, 0.25) is 10.0 Å². The molecule has 1 fully saturated rings. The quantitative estimate of drug-likeness (QED) is 0.843. The Hall–Kier alpha value is -1.60. The van der Waals surface area contributed by atoms with Gasteiger partial charge in [-0.1, -0.05) is 19.1 Å². The second-order valence-corrected chi connectivity index (χ2v) is 6.47. The van der Waals surface area contributed by atoms with Crippen LogP contribution in [0.1, 0.15) is 13.3 Å². The summed E-state index contributed by atoms with van der Waals surface area (Å²) in [6.07, 6.45) is 0.533. The number of para-hydroxylation sites is 1. The molecule has 0 spiro atoms. The van der Waals surface area contributed by atoms with E-state index in [2.05, 4.69) is 4.72 Å². The molecule has 20 heavy (non-hydrogen) atoms. The molecule has 1 unspecified atom stereocenters. The van der Waals surface area contributed by atoms with Crippen LogP contribution in [-0.2, 0) is 14.8 Å². The number of rotatable bonds is 5. The number of carboxylic acid groups (broad SMARTS) is 1. The van der Waals surface area contributed by atoms with Gasteiger partial charge in [-0.15, -0.1) is 0 Å². The van der Waals surface area contributed by atoms with Crippen LogP contribution in [-0.4, -0.2) is 39.1 Å². The van der Waals surface area contributed by atoms with E-state index in [1.54, 1.807) is 31.2 Å². The lowest BCUT2D eigenvalue weighted by Crippen LogP contribution is -2.28. The van der Waals surface area contributed by atoms with Crippen molar-refractivity contribution in [2.45, 2.75) is 18.2 Å². The van der Waals surface area contributed by atoms with Crippen molar-refractivity contribution < 1.29 is 18.3 Å². The zero-order valence-corrected chi connectivity index (χ0v) is 12.1. The molecular formula is C13H18N2O4S. The van der Waals surface area contributed by atoms with Crippen LogP contribution in [0.2, 0.25) is 0 Å². The summed E-state index contributed by atoms with van der Waals surface area (Å²) in [5.74, 6) is -1.27. The standard InChI is InChI=1S/C13H18N2O4S/c1-2-14-20(18,19)12-6-4-3-5-11(12)15-8-7-10(9-15)13(16)17/h3-6,10,14H,2,7-9H2,1H3,(H,16,17). The number of nitrogens with zero attached hydrogens (tertiary/aromatic N) is 1. The Labute approximate surface area is 118 Å². The molecule has 2 N–H and O–H groups in total. The second kappa shape index (κ2) is 5.80. The molecule has 0 bridgehead atoms. The van der Waals surface area contributed by atoms with Crippen molar-refractivity contribution in [1.82, 2.24) is 4.72 Å². The SMILES string of the molecule is CCNS(=O)(=O)c1ccccc1N1CCC(C(=O)O)C1. The number of nitrogens with one attached hydrogen (secondary N) is 1. The van der Waals surface area contributed by atoms with Crippen molar-refractivity contribution in [3.8, 4) is 0 Å². The predicted molar refractivity (Wildman–Crippen MR) is 75.3 cm³/mol. The maximum absolute atomic E-state index is 12.2. The van der Waals surface area contributed by atoms with E-state index < -0.39 is 21.9 Å². The molecule has 0 saturated carbocycles. The van der Waals surface area contributed by atoms with E-state index in [0.29, 0.717) is 31.7 Å². The lowest BCUT2D eigenvalue weighted by Gasteiger charge is -2.21. The number of carboxylic acids is 1. The van der Waals surface area contributed by atoms with Gasteiger partial charge in [0.15, 0.2) is 0 Å². The molecule has 1 saturated heterocycles. The van der Waals surface area contributed by atoms with Gasteiger partial charge in [-0.3, -0.25) is 4.79 Å². The van der Waals surface area contributed by atoms with Crippen molar-refractivity contribution in [3.63, 3.8) is 0 Å². The second-order valence-electron chi connectivity index (χ2n) is 4.74. The summed E-state index contributed by atoms with van der Waals surface area (Å²) < 4.78 is 26.8. The summed E-state index contributed by atoms with van der Waals surface area (Å²) in [7, 11) is -3.56. The van der Waals surface area contributed by atoms with E-state index in [4.69, 9.17) is 5.11 Å². The van der Waals surface area contributed by atoms with Crippen LogP contribution in [0.3, 0.4) is 0 Å². The minimum Gasteiger partial charge on any atom is -0.481 e. The Kier molecular flexibility index (Phi) is 4.29. The molecule has 1 aliphatic rings. The molecule has 7 heteroatoms. The molecule has 1 aromatic rings. The maximum atomic E-state index is 12.2. The van der Waals surface area contributed by atoms with Gasteiger partial charge < -0.3 is 10.0 Å². The molecule has 110 valence electrons. The largest absolute Gasteiger partial charge is 0.481 e.